The average Bonchev–Trinajstić information content (AvgIpc) is 2.68. The van der Waals surface area contributed by atoms with E-state index in [9.17, 15) is 18.0 Å². The van der Waals surface area contributed by atoms with Crippen molar-refractivity contribution in [3.8, 4) is 0 Å². The van der Waals surface area contributed by atoms with Crippen LogP contribution >= 0.6 is 0 Å². The predicted octanol–water partition coefficient (Wildman–Crippen LogP) is 5.48. The highest BCUT2D eigenvalue weighted by molar-refractivity contribution is 5.97. The number of alkyl halides is 3. The molecule has 0 radical (unpaired) electrons. The van der Waals surface area contributed by atoms with Crippen molar-refractivity contribution in [3.63, 3.8) is 0 Å². The SMILES string of the molecule is CCNc1ccc([C@@H](C)NC(=O)c2cnc3cc(C(F)(F)F)ccc3c2)cc1C. The van der Waals surface area contributed by atoms with E-state index in [-0.39, 0.29) is 17.5 Å². The molecule has 29 heavy (non-hydrogen) atoms. The maximum atomic E-state index is 12.8. The fraction of sp³-hybridized carbons (Fsp3) is 0.273. The molecule has 4 nitrogen and oxygen atoms in total. The molecule has 2 N–H and O–H groups in total. The van der Waals surface area contributed by atoms with Crippen LogP contribution in [-0.2, 0) is 6.18 Å². The fourth-order valence-electron chi connectivity index (χ4n) is 3.13. The van der Waals surface area contributed by atoms with Crippen LogP contribution in [0.25, 0.3) is 10.9 Å². The lowest BCUT2D eigenvalue weighted by atomic mass is 10.0. The molecule has 3 aromatic rings. The second-order valence-electron chi connectivity index (χ2n) is 6.93. The first-order valence-electron chi connectivity index (χ1n) is 9.31. The number of rotatable bonds is 5. The number of nitrogens with zero attached hydrogens (tertiary/aromatic N) is 1. The van der Waals surface area contributed by atoms with Crippen LogP contribution in [0, 0.1) is 6.92 Å². The van der Waals surface area contributed by atoms with Gasteiger partial charge in [0, 0.05) is 23.8 Å². The normalized spacial score (nSPS) is 12.6. The van der Waals surface area contributed by atoms with Crippen molar-refractivity contribution in [2.24, 2.45) is 0 Å². The van der Waals surface area contributed by atoms with E-state index in [0.29, 0.717) is 10.9 Å². The molecule has 0 spiro atoms. The molecule has 0 saturated carbocycles. The maximum Gasteiger partial charge on any atom is 0.416 e. The van der Waals surface area contributed by atoms with Gasteiger partial charge in [0.05, 0.1) is 22.7 Å². The molecule has 0 bridgehead atoms. The van der Waals surface area contributed by atoms with Gasteiger partial charge in [0.25, 0.3) is 5.91 Å². The van der Waals surface area contributed by atoms with Crippen molar-refractivity contribution in [2.75, 3.05) is 11.9 Å². The first-order valence-corrected chi connectivity index (χ1v) is 9.31. The third kappa shape index (κ3) is 4.67. The molecule has 0 aliphatic heterocycles. The lowest BCUT2D eigenvalue weighted by Gasteiger charge is -2.17. The van der Waals surface area contributed by atoms with E-state index in [1.807, 2.05) is 39.0 Å². The zero-order chi connectivity index (χ0) is 21.2. The van der Waals surface area contributed by atoms with Crippen LogP contribution in [0.4, 0.5) is 18.9 Å². The summed E-state index contributed by atoms with van der Waals surface area (Å²) in [6.45, 7) is 6.73. The Morgan fingerprint density at radius 3 is 2.55 bits per heavy atom. The summed E-state index contributed by atoms with van der Waals surface area (Å²) in [5, 5.41) is 6.66. The second kappa shape index (κ2) is 8.11. The topological polar surface area (TPSA) is 54.0 Å². The molecule has 1 aromatic heterocycles. The van der Waals surface area contributed by atoms with Crippen LogP contribution in [0.15, 0.2) is 48.7 Å². The quantitative estimate of drug-likeness (QED) is 0.595. The molecular weight excluding hydrogens is 379 g/mol. The van der Waals surface area contributed by atoms with Gasteiger partial charge in [-0.2, -0.15) is 13.2 Å². The number of carbonyl (C=O) groups excluding carboxylic acids is 1. The summed E-state index contributed by atoms with van der Waals surface area (Å²) in [5.41, 5.74) is 2.81. The fourth-order valence-corrected chi connectivity index (χ4v) is 3.13. The standard InChI is InChI=1S/C22H22F3N3O/c1-4-26-19-8-6-15(9-13(19)2)14(3)28-21(29)17-10-16-5-7-18(22(23,24)25)11-20(16)27-12-17/h5-12,14,26H,4H2,1-3H3,(H,28,29)/t14-/m1/s1. The number of pyridine rings is 1. The van der Waals surface area contributed by atoms with Crippen LogP contribution in [0.3, 0.4) is 0 Å². The lowest BCUT2D eigenvalue weighted by Crippen LogP contribution is -2.26. The molecule has 1 atom stereocenters. The number of aromatic nitrogens is 1. The maximum absolute atomic E-state index is 12.8. The Hall–Kier alpha value is -3.09. The zero-order valence-corrected chi connectivity index (χ0v) is 16.4. The van der Waals surface area contributed by atoms with Gasteiger partial charge in [-0.3, -0.25) is 9.78 Å². The number of hydrogen-bond acceptors (Lipinski definition) is 3. The predicted molar refractivity (Wildman–Crippen MR) is 108 cm³/mol. The van der Waals surface area contributed by atoms with Gasteiger partial charge in [0.1, 0.15) is 0 Å². The van der Waals surface area contributed by atoms with Crippen LogP contribution < -0.4 is 10.6 Å². The summed E-state index contributed by atoms with van der Waals surface area (Å²) in [5.74, 6) is -0.333. The van der Waals surface area contributed by atoms with Gasteiger partial charge < -0.3 is 10.6 Å². The van der Waals surface area contributed by atoms with Crippen molar-refractivity contribution in [2.45, 2.75) is 33.0 Å². The molecule has 0 unspecified atom stereocenters. The summed E-state index contributed by atoms with van der Waals surface area (Å²) in [6, 6.07) is 10.6. The van der Waals surface area contributed by atoms with Crippen molar-refractivity contribution in [1.29, 1.82) is 0 Å². The largest absolute Gasteiger partial charge is 0.416 e. The highest BCUT2D eigenvalue weighted by atomic mass is 19.4. The molecule has 0 fully saturated rings. The van der Waals surface area contributed by atoms with Gasteiger partial charge in [-0.15, -0.1) is 0 Å². The third-order valence-electron chi connectivity index (χ3n) is 4.74. The van der Waals surface area contributed by atoms with Gasteiger partial charge in [-0.1, -0.05) is 18.2 Å². The summed E-state index contributed by atoms with van der Waals surface area (Å²) in [7, 11) is 0. The molecule has 152 valence electrons. The van der Waals surface area contributed by atoms with E-state index in [1.165, 1.54) is 12.3 Å². The van der Waals surface area contributed by atoms with E-state index in [2.05, 4.69) is 15.6 Å². The van der Waals surface area contributed by atoms with Gasteiger partial charge in [0.15, 0.2) is 0 Å². The van der Waals surface area contributed by atoms with Crippen molar-refractivity contribution in [3.05, 3.63) is 70.9 Å². The number of fused-ring (bicyclic) bond motifs is 1. The minimum Gasteiger partial charge on any atom is -0.385 e. The summed E-state index contributed by atoms with van der Waals surface area (Å²) >= 11 is 0. The minimum atomic E-state index is -4.43. The highest BCUT2D eigenvalue weighted by Crippen LogP contribution is 2.31. The van der Waals surface area contributed by atoms with Crippen LogP contribution in [-0.4, -0.2) is 17.4 Å². The number of aryl methyl sites for hydroxylation is 1. The van der Waals surface area contributed by atoms with Crippen LogP contribution in [0.5, 0.6) is 0 Å². The number of nitrogens with one attached hydrogen (secondary N) is 2. The molecule has 1 heterocycles. The van der Waals surface area contributed by atoms with Gasteiger partial charge in [0.2, 0.25) is 0 Å². The number of carbonyl (C=O) groups is 1. The number of anilines is 1. The van der Waals surface area contributed by atoms with Crippen LogP contribution in [0.2, 0.25) is 0 Å². The Morgan fingerprint density at radius 2 is 1.90 bits per heavy atom. The first kappa shape index (κ1) is 20.6. The molecule has 7 heteroatoms. The number of hydrogen-bond donors (Lipinski definition) is 2. The number of halogens is 3. The van der Waals surface area contributed by atoms with E-state index in [4.69, 9.17) is 0 Å². The number of amides is 1. The van der Waals surface area contributed by atoms with Gasteiger partial charge in [-0.05, 0) is 56.2 Å². The highest BCUT2D eigenvalue weighted by Gasteiger charge is 2.30. The Morgan fingerprint density at radius 1 is 1.14 bits per heavy atom. The zero-order valence-electron chi connectivity index (χ0n) is 16.4. The van der Waals surface area contributed by atoms with Gasteiger partial charge in [-0.25, -0.2) is 0 Å². The number of benzene rings is 2. The first-order chi connectivity index (χ1) is 13.7. The van der Waals surface area contributed by atoms with Crippen molar-refractivity contribution >= 4 is 22.5 Å². The summed E-state index contributed by atoms with van der Waals surface area (Å²) in [6.07, 6.45) is -3.13. The lowest BCUT2D eigenvalue weighted by molar-refractivity contribution is -0.137. The summed E-state index contributed by atoms with van der Waals surface area (Å²) in [4.78, 5) is 16.6. The minimum absolute atomic E-state index is 0.194. The molecule has 3 rings (SSSR count). The molecular formula is C22H22F3N3O. The Kier molecular flexibility index (Phi) is 5.77. The average molecular weight is 401 g/mol. The van der Waals surface area contributed by atoms with Crippen molar-refractivity contribution in [1.82, 2.24) is 10.3 Å². The molecule has 2 aromatic carbocycles. The van der Waals surface area contributed by atoms with E-state index in [0.717, 1.165) is 35.5 Å². The molecule has 1 amide bonds. The van der Waals surface area contributed by atoms with Crippen LogP contribution in [0.1, 0.15) is 46.9 Å². The molecule has 0 aliphatic rings. The summed E-state index contributed by atoms with van der Waals surface area (Å²) < 4.78 is 38.5. The monoisotopic (exact) mass is 401 g/mol. The van der Waals surface area contributed by atoms with Gasteiger partial charge >= 0.3 is 6.18 Å². The molecule has 0 aliphatic carbocycles. The van der Waals surface area contributed by atoms with E-state index in [1.54, 1.807) is 6.07 Å². The smallest absolute Gasteiger partial charge is 0.385 e. The Labute approximate surface area is 167 Å². The van der Waals surface area contributed by atoms with E-state index >= 15 is 0 Å². The Bertz CT molecular complexity index is 1050. The second-order valence-corrected chi connectivity index (χ2v) is 6.93. The molecule has 0 saturated heterocycles. The third-order valence-corrected chi connectivity index (χ3v) is 4.74. The van der Waals surface area contributed by atoms with Crippen molar-refractivity contribution < 1.29 is 18.0 Å². The Balaban J connectivity index is 1.77. The van der Waals surface area contributed by atoms with E-state index < -0.39 is 11.7 Å².